The van der Waals surface area contributed by atoms with Gasteiger partial charge < -0.3 is 51.2 Å². The van der Waals surface area contributed by atoms with E-state index in [1.807, 2.05) is 131 Å². The summed E-state index contributed by atoms with van der Waals surface area (Å²) in [6.45, 7) is 33.3. The van der Waals surface area contributed by atoms with E-state index in [1.165, 1.54) is 27.8 Å². The summed E-state index contributed by atoms with van der Waals surface area (Å²) in [4.78, 5) is 62.6. The van der Waals surface area contributed by atoms with Crippen molar-refractivity contribution < 1.29 is 68.9 Å². The average molecular weight is 1400 g/mol. The van der Waals surface area contributed by atoms with Crippen LogP contribution >= 0.6 is 47.2 Å². The molecule has 12 rings (SSSR count). The number of allylic oxidation sites excluding steroid dienone is 4. The van der Waals surface area contributed by atoms with Gasteiger partial charge in [-0.05, 0) is 87.4 Å². The number of hydrogen-bond acceptors (Lipinski definition) is 23. The number of amides is 1. The number of carbonyl (C=O) groups is 3. The number of rotatable bonds is 7. The second-order valence-electron chi connectivity index (χ2n) is 18.7. The predicted octanol–water partition coefficient (Wildman–Crippen LogP) is 9.45. The molecule has 1 fully saturated rings. The number of ether oxygens (including phenoxy) is 2. The van der Waals surface area contributed by atoms with Crippen molar-refractivity contribution in [1.82, 2.24) is 50.6 Å². The van der Waals surface area contributed by atoms with E-state index in [9.17, 15) is 14.4 Å². The number of carbonyl (C=O) groups excluding carboxylic acids is 3. The number of nitrogens with zero attached hydrogens (tertiary/aromatic N) is 13. The molecule has 1 saturated heterocycles. The molecular formula is C66H82Cl2N17NaO8S2. The molecule has 1 aliphatic carbocycles. The maximum atomic E-state index is 12.6. The van der Waals surface area contributed by atoms with Crippen LogP contribution in [-0.4, -0.2) is 138 Å². The first-order valence-electron chi connectivity index (χ1n) is 29.8. The van der Waals surface area contributed by atoms with Crippen molar-refractivity contribution in [3.63, 3.8) is 0 Å². The number of piperazine rings is 1. The van der Waals surface area contributed by atoms with Crippen molar-refractivity contribution in [2.45, 2.75) is 93.9 Å². The van der Waals surface area contributed by atoms with Gasteiger partial charge in [0.1, 0.15) is 52.0 Å². The number of nitrogens with two attached hydrogens (primary N) is 2. The minimum absolute atomic E-state index is 0. The Labute approximate surface area is 603 Å². The summed E-state index contributed by atoms with van der Waals surface area (Å²) in [6.07, 6.45) is 7.34. The Morgan fingerprint density at radius 1 is 0.885 bits per heavy atom. The fourth-order valence-corrected chi connectivity index (χ4v) is 8.94. The number of benzene rings is 4. The zero-order valence-corrected chi connectivity index (χ0v) is 61.3. The van der Waals surface area contributed by atoms with Crippen LogP contribution in [0, 0.1) is 63.9 Å². The van der Waals surface area contributed by atoms with Crippen molar-refractivity contribution in [2.75, 3.05) is 69.7 Å². The number of Topliss-reactive ketones (excluding diaryl/α,β-unsaturated/α-hetero) is 2. The molecule has 506 valence electrons. The number of hydrogen-bond donors (Lipinski definition) is 6. The number of thiol groups is 1. The summed E-state index contributed by atoms with van der Waals surface area (Å²) in [6, 6.07) is 32.1. The number of aryl methyl sites for hydroxylation is 6. The second-order valence-corrected chi connectivity index (χ2v) is 21.2. The normalized spacial score (nSPS) is 12.2. The van der Waals surface area contributed by atoms with Crippen LogP contribution in [0.2, 0.25) is 0 Å². The summed E-state index contributed by atoms with van der Waals surface area (Å²) >= 11 is 16.6. The number of aliphatic hydroxyl groups excluding tert-OH is 1. The summed E-state index contributed by atoms with van der Waals surface area (Å²) in [7, 11) is 0. The Hall–Kier alpha value is -8.79. The van der Waals surface area contributed by atoms with Gasteiger partial charge in [0.2, 0.25) is 17.5 Å². The number of fused-ring (bicyclic) bond motifs is 2. The number of aromatic amines is 2. The monoisotopic (exact) mass is 1400 g/mol. The topological polar surface area (TPSA) is 361 Å². The molecule has 4 aromatic carbocycles. The molecule has 1 amide bonds. The SMILES string of the molecule is CC.CC.CC1=NCCO1.Cc1nc2ccccc2s1.Cc1ncco1.Cc1nn[nH]n1.Cc1noc(C)n1.N#CC1=C(C#N)C(=O)C(Cl)=C(Cl)C1=O.NCCO.Nc1ccccc1S.[C-]#[N+]c1ccc(N2CCN(C(=O)COc3ccc4[nH]cc(CCC)c4c3)CC2)cc1.[H-].[Na+]. The number of thiazole rings is 1. The molecular weight excluding hydrogens is 1320 g/mol. The van der Waals surface area contributed by atoms with Gasteiger partial charge in [0.05, 0.1) is 41.1 Å². The Morgan fingerprint density at radius 2 is 1.51 bits per heavy atom. The van der Waals surface area contributed by atoms with Gasteiger partial charge in [0.15, 0.2) is 35.7 Å². The van der Waals surface area contributed by atoms with E-state index in [0.29, 0.717) is 42.9 Å². The van der Waals surface area contributed by atoms with Gasteiger partial charge >= 0.3 is 29.6 Å². The van der Waals surface area contributed by atoms with Gasteiger partial charge in [-0.1, -0.05) is 111 Å². The van der Waals surface area contributed by atoms with Crippen molar-refractivity contribution >= 4 is 109 Å². The number of tetrazole rings is 1. The van der Waals surface area contributed by atoms with Crippen LogP contribution in [0.1, 0.15) is 83.4 Å². The molecule has 7 heterocycles. The fraction of sp³-hybridized carbons (Fsp3) is 0.333. The quantitative estimate of drug-likeness (QED) is 0.0284. The summed E-state index contributed by atoms with van der Waals surface area (Å²) < 4.78 is 21.3. The number of nitriles is 2. The zero-order valence-electron chi connectivity index (χ0n) is 57.1. The molecule has 96 heavy (non-hydrogen) atoms. The van der Waals surface area contributed by atoms with E-state index in [1.54, 1.807) is 51.5 Å². The van der Waals surface area contributed by atoms with E-state index in [4.69, 9.17) is 70.8 Å². The number of ketones is 2. The number of nitrogen functional groups attached to an aromatic ring is 1. The van der Waals surface area contributed by atoms with E-state index in [-0.39, 0.29) is 50.1 Å². The maximum Gasteiger partial charge on any atom is 1.00 e. The molecule has 3 aliphatic rings. The van der Waals surface area contributed by atoms with E-state index in [0.717, 1.165) is 88.9 Å². The van der Waals surface area contributed by atoms with Gasteiger partial charge in [-0.25, -0.2) is 14.8 Å². The van der Waals surface area contributed by atoms with Gasteiger partial charge in [-0.3, -0.25) is 19.4 Å². The first-order chi connectivity index (χ1) is 45.8. The standard InChI is InChI=1S/C24H26N4O2.C8Cl2N2O2.C8H7NS.C6H7NS.C4H6N2O.C4H7NO.C4H5NO.C2H4N4.C2H7NO.2C2H6.Na.H/c1-3-4-18-16-26-23-10-9-21(15-22(18)23)30-17-24(29)28-13-11-27(12-14-28)20-7-5-19(25-2)6-8-20;9-5-6(10)8(14)4(2-12)3(1-11)7(5)13;1-6-9-7-4-2-3-5-8(7)10-6;7-5-3-1-2-4-6(5)8;1-3-5-4(2)7-6-3;2*1-4-5-2-3-6-4;1-2-3-5-6-4-2;3-1-2-4;2*1-2;;/h5-10,15-16,26H,3-4,11-14,17H2,1H3;;2-5H,1H3;1-4,8H,7H2;1-2H3;2-3H2,1H3;2-3H,1H3;1H3,(H,3,4,5,6);4H,1-3H2;2*1-2H3;;/q;;;;;;;;;;;+1;-1. The van der Waals surface area contributed by atoms with Gasteiger partial charge in [-0.2, -0.15) is 20.7 Å². The van der Waals surface area contributed by atoms with Crippen molar-refractivity contribution in [1.29, 1.82) is 10.5 Å². The number of anilines is 2. The van der Waals surface area contributed by atoms with E-state index < -0.39 is 32.8 Å². The molecule has 0 bridgehead atoms. The Bertz CT molecular complexity index is 3820. The molecule has 7 N–H and O–H groups in total. The fourth-order valence-electron chi connectivity index (χ4n) is 7.60. The Kier molecular flexibility index (Phi) is 43.4. The Morgan fingerprint density at radius 3 is 1.92 bits per heavy atom. The van der Waals surface area contributed by atoms with Crippen LogP contribution in [0.3, 0.4) is 0 Å². The van der Waals surface area contributed by atoms with Crippen LogP contribution in [0.25, 0.3) is 26.0 Å². The minimum Gasteiger partial charge on any atom is -1.00 e. The molecule has 30 heteroatoms. The molecule has 25 nitrogen and oxygen atoms in total. The molecule has 0 radical (unpaired) electrons. The number of oxazole rings is 1. The maximum absolute atomic E-state index is 12.6. The largest absolute Gasteiger partial charge is 1.00 e. The third-order valence-electron chi connectivity index (χ3n) is 12.0. The van der Waals surface area contributed by atoms with Gasteiger partial charge in [-0.15, -0.1) is 34.2 Å². The third-order valence-corrected chi connectivity index (χ3v) is 14.1. The molecule has 9 aromatic rings. The number of nitrogens with one attached hydrogen (secondary N) is 2. The summed E-state index contributed by atoms with van der Waals surface area (Å²) in [5.41, 5.74) is 15.1. The van der Waals surface area contributed by atoms with E-state index in [2.05, 4.69) is 96.8 Å². The van der Waals surface area contributed by atoms with Crippen molar-refractivity contribution in [3.05, 3.63) is 176 Å². The summed E-state index contributed by atoms with van der Waals surface area (Å²) in [5.74, 6) is 2.49. The molecule has 2 aliphatic heterocycles. The van der Waals surface area contributed by atoms with Crippen molar-refractivity contribution in [3.8, 4) is 17.9 Å². The summed E-state index contributed by atoms with van der Waals surface area (Å²) in [5, 5.41) is 42.3. The first kappa shape index (κ1) is 85.2. The Balaban J connectivity index is 0.00000116. The number of aromatic nitrogens is 9. The van der Waals surface area contributed by atoms with Gasteiger partial charge in [0, 0.05) is 86.9 Å². The number of aliphatic imine (C=N–C) groups is 1. The zero-order chi connectivity index (χ0) is 70.7. The molecule has 0 spiro atoms. The molecule has 5 aromatic heterocycles. The van der Waals surface area contributed by atoms with Crippen molar-refractivity contribution in [2.24, 2.45) is 10.7 Å². The smallest absolute Gasteiger partial charge is 1.00 e. The van der Waals surface area contributed by atoms with Crippen LogP contribution in [0.15, 0.2) is 150 Å². The second kappa shape index (κ2) is 48.8. The van der Waals surface area contributed by atoms with E-state index >= 15 is 0 Å². The number of H-pyrrole nitrogens is 2. The molecule has 0 unspecified atom stereocenters. The van der Waals surface area contributed by atoms with Gasteiger partial charge in [0.25, 0.3) is 5.91 Å². The number of halogens is 2. The minimum atomic E-state index is -0.893. The molecule has 0 atom stereocenters. The third kappa shape index (κ3) is 30.7. The molecule has 0 saturated carbocycles. The van der Waals surface area contributed by atoms with Crippen LogP contribution in [0.5, 0.6) is 5.75 Å². The predicted molar refractivity (Wildman–Crippen MR) is 377 cm³/mol. The number of aliphatic hydroxyl groups is 1. The first-order valence-corrected chi connectivity index (χ1v) is 31.8. The van der Waals surface area contributed by atoms with Crippen LogP contribution in [0.4, 0.5) is 17.1 Å². The average Bonchev–Trinajstić information content (AvgIpc) is 1.46. The van der Waals surface area contributed by atoms with Crippen LogP contribution < -0.4 is 50.7 Å². The van der Waals surface area contributed by atoms with Crippen LogP contribution in [-0.2, 0) is 25.5 Å². The number of para-hydroxylation sites is 2.